The van der Waals surface area contributed by atoms with Crippen LogP contribution >= 0.6 is 0 Å². The zero-order valence-corrected chi connectivity index (χ0v) is 9.76. The molecule has 1 saturated carbocycles. The molecule has 1 saturated heterocycles. The maximum atomic E-state index is 13.8. The van der Waals surface area contributed by atoms with Gasteiger partial charge in [0, 0.05) is 18.0 Å². The Morgan fingerprint density at radius 2 is 1.76 bits per heavy atom. The summed E-state index contributed by atoms with van der Waals surface area (Å²) in [6.45, 7) is 2.00. The molecule has 1 aromatic carbocycles. The van der Waals surface area contributed by atoms with Crippen molar-refractivity contribution in [2.24, 2.45) is 5.92 Å². The maximum absolute atomic E-state index is 13.8. The van der Waals surface area contributed by atoms with E-state index in [1.807, 2.05) is 12.1 Å². The van der Waals surface area contributed by atoms with Gasteiger partial charge in [0.15, 0.2) is 0 Å². The minimum Gasteiger partial charge on any atom is -0.316 e. The molecular weight excluding hydrogens is 220 g/mol. The molecule has 2 aliphatic rings. The van der Waals surface area contributed by atoms with E-state index in [0.29, 0.717) is 18.8 Å². The standard InChI is InChI=1S/C14H17F2N/c15-14(16,13-5-6-13)12-3-1-10(2-4-12)11-7-8-17-9-11/h1-4,11,13,17H,5-9H2. The van der Waals surface area contributed by atoms with Crippen LogP contribution in [0.25, 0.3) is 0 Å². The summed E-state index contributed by atoms with van der Waals surface area (Å²) in [6, 6.07) is 6.99. The highest BCUT2D eigenvalue weighted by Gasteiger charge is 2.47. The first kappa shape index (κ1) is 11.1. The molecule has 1 aliphatic heterocycles. The van der Waals surface area contributed by atoms with Crippen LogP contribution in [0.1, 0.15) is 36.3 Å². The van der Waals surface area contributed by atoms with Crippen LogP contribution in [0.4, 0.5) is 8.78 Å². The number of hydrogen-bond acceptors (Lipinski definition) is 1. The molecule has 0 amide bonds. The minimum absolute atomic E-state index is 0.190. The summed E-state index contributed by atoms with van der Waals surface area (Å²) in [5.74, 6) is -2.54. The molecule has 1 aliphatic carbocycles. The first-order valence-electron chi connectivity index (χ1n) is 6.37. The van der Waals surface area contributed by atoms with Gasteiger partial charge in [0.05, 0.1) is 0 Å². The third-order valence-electron chi connectivity index (χ3n) is 3.92. The summed E-state index contributed by atoms with van der Waals surface area (Å²) in [5, 5.41) is 3.30. The van der Waals surface area contributed by atoms with Crippen molar-refractivity contribution in [2.45, 2.75) is 31.1 Å². The predicted octanol–water partition coefficient (Wildman–Crippen LogP) is 3.27. The molecule has 1 N–H and O–H groups in total. The Morgan fingerprint density at radius 1 is 1.06 bits per heavy atom. The van der Waals surface area contributed by atoms with Crippen molar-refractivity contribution in [1.82, 2.24) is 5.32 Å². The average Bonchev–Trinajstić information content (AvgIpc) is 3.07. The predicted molar refractivity (Wildman–Crippen MR) is 63.3 cm³/mol. The van der Waals surface area contributed by atoms with Crippen LogP contribution < -0.4 is 5.32 Å². The fourth-order valence-electron chi connectivity index (χ4n) is 2.60. The monoisotopic (exact) mass is 237 g/mol. The second-order valence-electron chi connectivity index (χ2n) is 5.21. The van der Waals surface area contributed by atoms with Gasteiger partial charge < -0.3 is 5.32 Å². The van der Waals surface area contributed by atoms with Crippen LogP contribution in [0.5, 0.6) is 0 Å². The summed E-state index contributed by atoms with van der Waals surface area (Å²) in [5.41, 5.74) is 1.38. The molecule has 0 bridgehead atoms. The smallest absolute Gasteiger partial charge is 0.276 e. The number of nitrogens with one attached hydrogen (secondary N) is 1. The fourth-order valence-corrected chi connectivity index (χ4v) is 2.60. The fraction of sp³-hybridized carbons (Fsp3) is 0.571. The van der Waals surface area contributed by atoms with Crippen LogP contribution in [0.15, 0.2) is 24.3 Å². The molecule has 0 aromatic heterocycles. The van der Waals surface area contributed by atoms with Crippen molar-refractivity contribution >= 4 is 0 Å². The zero-order valence-electron chi connectivity index (χ0n) is 9.76. The van der Waals surface area contributed by atoms with E-state index in [9.17, 15) is 8.78 Å². The molecule has 1 atom stereocenters. The molecule has 3 rings (SSSR count). The van der Waals surface area contributed by atoms with Gasteiger partial charge in [-0.3, -0.25) is 0 Å². The van der Waals surface area contributed by atoms with Gasteiger partial charge in [0.1, 0.15) is 0 Å². The summed E-state index contributed by atoms with van der Waals surface area (Å²) in [7, 11) is 0. The van der Waals surface area contributed by atoms with Crippen molar-refractivity contribution in [2.75, 3.05) is 13.1 Å². The molecule has 3 heteroatoms. The third kappa shape index (κ3) is 2.08. The van der Waals surface area contributed by atoms with E-state index in [-0.39, 0.29) is 5.56 Å². The Bertz CT molecular complexity index is 389. The van der Waals surface area contributed by atoms with Crippen molar-refractivity contribution in [3.05, 3.63) is 35.4 Å². The lowest BCUT2D eigenvalue weighted by Crippen LogP contribution is -2.16. The van der Waals surface area contributed by atoms with Gasteiger partial charge >= 0.3 is 0 Å². The van der Waals surface area contributed by atoms with E-state index in [2.05, 4.69) is 5.32 Å². The minimum atomic E-state index is -2.62. The van der Waals surface area contributed by atoms with Crippen LogP contribution in [0.3, 0.4) is 0 Å². The van der Waals surface area contributed by atoms with Gasteiger partial charge in [-0.05, 0) is 37.3 Å². The molecule has 0 spiro atoms. The summed E-state index contributed by atoms with van der Waals surface area (Å²) in [6.07, 6.45) is 2.45. The second kappa shape index (κ2) is 4.05. The molecule has 92 valence electrons. The van der Waals surface area contributed by atoms with Crippen LogP contribution in [-0.2, 0) is 5.92 Å². The van der Waals surface area contributed by atoms with Gasteiger partial charge in [0.2, 0.25) is 0 Å². The van der Waals surface area contributed by atoms with E-state index < -0.39 is 11.8 Å². The van der Waals surface area contributed by atoms with Gasteiger partial charge in [-0.1, -0.05) is 24.3 Å². The Kier molecular flexibility index (Phi) is 2.66. The highest BCUT2D eigenvalue weighted by molar-refractivity contribution is 5.30. The third-order valence-corrected chi connectivity index (χ3v) is 3.92. The molecule has 1 aromatic rings. The lowest BCUT2D eigenvalue weighted by molar-refractivity contribution is -0.0285. The van der Waals surface area contributed by atoms with Crippen molar-refractivity contribution in [1.29, 1.82) is 0 Å². The largest absolute Gasteiger partial charge is 0.316 e. The van der Waals surface area contributed by atoms with Crippen LogP contribution in [0, 0.1) is 5.92 Å². The van der Waals surface area contributed by atoms with Crippen molar-refractivity contribution in [3.63, 3.8) is 0 Å². The topological polar surface area (TPSA) is 12.0 Å². The SMILES string of the molecule is FC(F)(c1ccc(C2CCNC2)cc1)C1CC1. The lowest BCUT2D eigenvalue weighted by Gasteiger charge is -2.17. The van der Waals surface area contributed by atoms with E-state index in [4.69, 9.17) is 0 Å². The highest BCUT2D eigenvalue weighted by Crippen LogP contribution is 2.49. The second-order valence-corrected chi connectivity index (χ2v) is 5.21. The van der Waals surface area contributed by atoms with Crippen molar-refractivity contribution in [3.8, 4) is 0 Å². The molecule has 1 nitrogen and oxygen atoms in total. The van der Waals surface area contributed by atoms with Gasteiger partial charge in [-0.15, -0.1) is 0 Å². The van der Waals surface area contributed by atoms with Crippen LogP contribution in [0.2, 0.25) is 0 Å². The van der Waals surface area contributed by atoms with E-state index in [1.165, 1.54) is 5.56 Å². The summed E-state index contributed by atoms with van der Waals surface area (Å²) in [4.78, 5) is 0. The first-order chi connectivity index (χ1) is 8.18. The Morgan fingerprint density at radius 3 is 2.29 bits per heavy atom. The van der Waals surface area contributed by atoms with E-state index >= 15 is 0 Å². The highest BCUT2D eigenvalue weighted by atomic mass is 19.3. The summed E-state index contributed by atoms with van der Waals surface area (Å²) < 4.78 is 27.7. The molecule has 0 radical (unpaired) electrons. The molecule has 17 heavy (non-hydrogen) atoms. The molecule has 1 heterocycles. The molecule has 2 fully saturated rings. The number of rotatable bonds is 3. The number of benzene rings is 1. The zero-order chi connectivity index (χ0) is 11.9. The first-order valence-corrected chi connectivity index (χ1v) is 6.37. The van der Waals surface area contributed by atoms with Gasteiger partial charge in [-0.25, -0.2) is 8.78 Å². The number of halogens is 2. The van der Waals surface area contributed by atoms with Gasteiger partial charge in [0.25, 0.3) is 5.92 Å². The Hall–Kier alpha value is -0.960. The van der Waals surface area contributed by atoms with Crippen LogP contribution in [-0.4, -0.2) is 13.1 Å². The van der Waals surface area contributed by atoms with E-state index in [0.717, 1.165) is 19.5 Å². The molecule has 1 unspecified atom stereocenters. The van der Waals surface area contributed by atoms with Gasteiger partial charge in [-0.2, -0.15) is 0 Å². The Labute approximate surface area is 100 Å². The normalized spacial score (nSPS) is 25.2. The number of alkyl halides is 2. The number of hydrogen-bond donors (Lipinski definition) is 1. The average molecular weight is 237 g/mol. The van der Waals surface area contributed by atoms with E-state index in [1.54, 1.807) is 12.1 Å². The Balaban J connectivity index is 1.79. The lowest BCUT2D eigenvalue weighted by atomic mass is 9.95. The van der Waals surface area contributed by atoms with Crippen molar-refractivity contribution < 1.29 is 8.78 Å². The quantitative estimate of drug-likeness (QED) is 0.850. The molecular formula is C14H17F2N. The maximum Gasteiger partial charge on any atom is 0.276 e. The summed E-state index contributed by atoms with van der Waals surface area (Å²) >= 11 is 0.